The van der Waals surface area contributed by atoms with Crippen LogP contribution in [0.4, 0.5) is 0 Å². The van der Waals surface area contributed by atoms with Crippen molar-refractivity contribution in [3.05, 3.63) is 0 Å². The molecule has 3 fully saturated rings. The Morgan fingerprint density at radius 3 is 2.55 bits per heavy atom. The maximum absolute atomic E-state index is 2.62. The molecule has 3 unspecified atom stereocenters. The molecule has 2 nitrogen and oxygen atoms in total. The molecule has 3 rings (SSSR count). The minimum Gasteiger partial charge on any atom is -0.305 e. The molecule has 0 aromatic heterocycles. The van der Waals surface area contributed by atoms with E-state index in [1.54, 1.807) is 0 Å². The second-order valence-corrected chi connectivity index (χ2v) is 4.10. The van der Waals surface area contributed by atoms with Crippen molar-refractivity contribution >= 4 is 0 Å². The quantitative estimate of drug-likeness (QED) is 0.576. The molecule has 2 bridgehead atoms. The van der Waals surface area contributed by atoms with Gasteiger partial charge >= 0.3 is 0 Å². The largest absolute Gasteiger partial charge is 0.305 e. The second kappa shape index (κ2) is 2.46. The fraction of sp³-hybridized carbons (Fsp3) is 1.00. The lowest BCUT2D eigenvalue weighted by atomic mass is 9.79. The standard InChI is InChI=1S/C9H18N2/c1-4-11-6-7-5-8(11)9(7)10(2)3/h7-9H,4-6H2,1-3H3. The van der Waals surface area contributed by atoms with Crippen LogP contribution in [0.25, 0.3) is 0 Å². The summed E-state index contributed by atoms with van der Waals surface area (Å²) in [5.41, 5.74) is 0. The van der Waals surface area contributed by atoms with Gasteiger partial charge in [-0.1, -0.05) is 6.92 Å². The van der Waals surface area contributed by atoms with Crippen LogP contribution in [0.5, 0.6) is 0 Å². The van der Waals surface area contributed by atoms with Gasteiger partial charge in [0.25, 0.3) is 0 Å². The Morgan fingerprint density at radius 1 is 1.45 bits per heavy atom. The third kappa shape index (κ3) is 0.926. The van der Waals surface area contributed by atoms with Crippen LogP contribution in [0.2, 0.25) is 0 Å². The van der Waals surface area contributed by atoms with Gasteiger partial charge in [0.05, 0.1) is 0 Å². The lowest BCUT2D eigenvalue weighted by Gasteiger charge is -2.41. The highest BCUT2D eigenvalue weighted by Gasteiger charge is 2.51. The van der Waals surface area contributed by atoms with Crippen molar-refractivity contribution in [3.63, 3.8) is 0 Å². The summed E-state index contributed by atoms with van der Waals surface area (Å²) in [5.74, 6) is 0.981. The minimum atomic E-state index is 0.870. The highest BCUT2D eigenvalue weighted by Crippen LogP contribution is 2.42. The molecule has 0 aromatic carbocycles. The molecule has 0 aromatic rings. The zero-order valence-electron chi connectivity index (χ0n) is 7.75. The highest BCUT2D eigenvalue weighted by molar-refractivity contribution is 5.08. The summed E-state index contributed by atoms with van der Waals surface area (Å²) < 4.78 is 0. The summed E-state index contributed by atoms with van der Waals surface area (Å²) in [6, 6.07) is 1.76. The van der Waals surface area contributed by atoms with E-state index in [9.17, 15) is 0 Å². The van der Waals surface area contributed by atoms with Gasteiger partial charge in [0, 0.05) is 18.6 Å². The molecule has 1 aliphatic carbocycles. The van der Waals surface area contributed by atoms with Crippen molar-refractivity contribution in [3.8, 4) is 0 Å². The number of rotatable bonds is 2. The van der Waals surface area contributed by atoms with E-state index in [2.05, 4.69) is 30.8 Å². The predicted octanol–water partition coefficient (Wildman–Crippen LogP) is 0.641. The van der Waals surface area contributed by atoms with E-state index in [0.717, 1.165) is 18.0 Å². The van der Waals surface area contributed by atoms with Gasteiger partial charge in [-0.05, 0) is 33.0 Å². The molecule has 3 atom stereocenters. The van der Waals surface area contributed by atoms with E-state index in [-0.39, 0.29) is 0 Å². The van der Waals surface area contributed by atoms with E-state index in [4.69, 9.17) is 0 Å². The van der Waals surface area contributed by atoms with Crippen LogP contribution in [0, 0.1) is 5.92 Å². The van der Waals surface area contributed by atoms with Gasteiger partial charge in [-0.15, -0.1) is 0 Å². The fourth-order valence-electron chi connectivity index (χ4n) is 2.82. The van der Waals surface area contributed by atoms with Gasteiger partial charge in [-0.3, -0.25) is 4.90 Å². The Morgan fingerprint density at radius 2 is 2.18 bits per heavy atom. The molecule has 0 radical (unpaired) electrons. The van der Waals surface area contributed by atoms with Crippen LogP contribution in [0.15, 0.2) is 0 Å². The van der Waals surface area contributed by atoms with Gasteiger partial charge in [-0.2, -0.15) is 0 Å². The predicted molar refractivity (Wildman–Crippen MR) is 46.6 cm³/mol. The van der Waals surface area contributed by atoms with E-state index in [0.29, 0.717) is 0 Å². The normalized spacial score (nSPS) is 43.1. The maximum Gasteiger partial charge on any atom is 0.0286 e. The van der Waals surface area contributed by atoms with E-state index in [1.807, 2.05) is 0 Å². The van der Waals surface area contributed by atoms with Crippen molar-refractivity contribution in [2.24, 2.45) is 5.92 Å². The average Bonchev–Trinajstić information content (AvgIpc) is 2.39. The number of fused-ring (bicyclic) bond motifs is 1. The fourth-order valence-corrected chi connectivity index (χ4v) is 2.82. The molecule has 64 valence electrons. The summed E-state index contributed by atoms with van der Waals surface area (Å²) in [6.07, 6.45) is 1.46. The van der Waals surface area contributed by atoms with Crippen LogP contribution < -0.4 is 0 Å². The first-order valence-corrected chi connectivity index (χ1v) is 4.64. The van der Waals surface area contributed by atoms with E-state index >= 15 is 0 Å². The first kappa shape index (κ1) is 7.56. The van der Waals surface area contributed by atoms with Crippen LogP contribution in [0.1, 0.15) is 13.3 Å². The monoisotopic (exact) mass is 154 g/mol. The molecule has 11 heavy (non-hydrogen) atoms. The molecular formula is C9H18N2. The second-order valence-electron chi connectivity index (χ2n) is 4.10. The number of hydrogen-bond acceptors (Lipinski definition) is 2. The van der Waals surface area contributed by atoms with Crippen LogP contribution in [-0.2, 0) is 0 Å². The zero-order chi connectivity index (χ0) is 8.01. The minimum absolute atomic E-state index is 0.870. The summed E-state index contributed by atoms with van der Waals surface area (Å²) >= 11 is 0. The molecule has 2 saturated heterocycles. The van der Waals surface area contributed by atoms with Crippen molar-refractivity contribution in [2.45, 2.75) is 25.4 Å². The average molecular weight is 154 g/mol. The molecule has 2 heteroatoms. The van der Waals surface area contributed by atoms with E-state index < -0.39 is 0 Å². The first-order valence-electron chi connectivity index (χ1n) is 4.64. The first-order chi connectivity index (χ1) is 5.24. The van der Waals surface area contributed by atoms with Gasteiger partial charge in [0.1, 0.15) is 0 Å². The van der Waals surface area contributed by atoms with Gasteiger partial charge in [0.15, 0.2) is 0 Å². The Kier molecular flexibility index (Phi) is 1.69. The number of hydrogen-bond donors (Lipinski definition) is 0. The molecule has 2 heterocycles. The Hall–Kier alpha value is -0.0800. The summed E-state index contributed by atoms with van der Waals surface area (Å²) in [5, 5.41) is 0. The lowest BCUT2D eigenvalue weighted by Crippen LogP contribution is -2.51. The van der Waals surface area contributed by atoms with Crippen LogP contribution in [0.3, 0.4) is 0 Å². The smallest absolute Gasteiger partial charge is 0.0286 e. The molecule has 3 aliphatic rings. The molecule has 0 amide bonds. The van der Waals surface area contributed by atoms with Crippen molar-refractivity contribution in [1.82, 2.24) is 9.80 Å². The van der Waals surface area contributed by atoms with Crippen molar-refractivity contribution < 1.29 is 0 Å². The summed E-state index contributed by atoms with van der Waals surface area (Å²) in [6.45, 7) is 4.86. The van der Waals surface area contributed by atoms with Crippen molar-refractivity contribution in [2.75, 3.05) is 27.2 Å². The third-order valence-corrected chi connectivity index (χ3v) is 3.36. The Bertz CT molecular complexity index is 156. The highest BCUT2D eigenvalue weighted by atomic mass is 15.3. The van der Waals surface area contributed by atoms with Crippen molar-refractivity contribution in [1.29, 1.82) is 0 Å². The van der Waals surface area contributed by atoms with Gasteiger partial charge < -0.3 is 4.90 Å². The summed E-state index contributed by atoms with van der Waals surface area (Å²) in [4.78, 5) is 5.02. The Balaban J connectivity index is 2.00. The molecule has 0 spiro atoms. The summed E-state index contributed by atoms with van der Waals surface area (Å²) in [7, 11) is 4.42. The van der Waals surface area contributed by atoms with Gasteiger partial charge in [-0.25, -0.2) is 0 Å². The molecule has 0 N–H and O–H groups in total. The third-order valence-electron chi connectivity index (χ3n) is 3.36. The lowest BCUT2D eigenvalue weighted by molar-refractivity contribution is 0.101. The maximum atomic E-state index is 2.62. The van der Waals surface area contributed by atoms with Crippen LogP contribution >= 0.6 is 0 Å². The SMILES string of the molecule is CCN1CC2CC1C2N(C)C. The Labute approximate surface area is 69.2 Å². The topological polar surface area (TPSA) is 6.48 Å². The van der Waals surface area contributed by atoms with Crippen LogP contribution in [-0.4, -0.2) is 49.1 Å². The molecular weight excluding hydrogens is 136 g/mol. The zero-order valence-corrected chi connectivity index (χ0v) is 7.75. The molecule has 2 aliphatic heterocycles. The number of likely N-dealkylation sites (N-methyl/N-ethyl adjacent to an activating group) is 2. The number of nitrogens with zero attached hydrogens (tertiary/aromatic N) is 2. The molecule has 1 saturated carbocycles. The van der Waals surface area contributed by atoms with E-state index in [1.165, 1.54) is 19.5 Å². The van der Waals surface area contributed by atoms with Gasteiger partial charge in [0.2, 0.25) is 0 Å².